The maximum Gasteiger partial charge on any atom is 0.275 e. The minimum Gasteiger partial charge on any atom is -0.321 e. The lowest BCUT2D eigenvalue weighted by Crippen LogP contribution is -2.12. The summed E-state index contributed by atoms with van der Waals surface area (Å²) < 4.78 is 0. The van der Waals surface area contributed by atoms with Crippen LogP contribution in [0.3, 0.4) is 0 Å². The molecule has 0 saturated heterocycles. The molecule has 5 nitrogen and oxygen atoms in total. The smallest absolute Gasteiger partial charge is 0.275 e. The second kappa shape index (κ2) is 6.25. The normalized spacial score (nSPS) is 10.8. The highest BCUT2D eigenvalue weighted by molar-refractivity contribution is 7.09. The molecule has 2 heterocycles. The molecule has 0 atom stereocenters. The molecular weight excluding hydrogens is 320 g/mol. The van der Waals surface area contributed by atoms with Crippen LogP contribution < -0.4 is 5.32 Å². The fraction of sp³-hybridized carbons (Fsp3) is 0.0556. The molecule has 2 aromatic carbocycles. The standard InChI is InChI=1S/C18H14N4OS/c23-18(20-14-7-6-13-10-19-22-15(13)9-14)16-11-24-17(21-16)8-12-4-2-1-3-5-12/h1-7,9-11H,8H2,(H,19,22)(H,20,23). The van der Waals surface area contributed by atoms with Gasteiger partial charge in [0, 0.05) is 22.9 Å². The third-order valence-electron chi connectivity index (χ3n) is 3.68. The van der Waals surface area contributed by atoms with E-state index in [0.29, 0.717) is 11.4 Å². The van der Waals surface area contributed by atoms with Crippen molar-refractivity contribution in [1.29, 1.82) is 0 Å². The van der Waals surface area contributed by atoms with Crippen LogP contribution in [0.1, 0.15) is 21.1 Å². The molecule has 0 aliphatic heterocycles. The fourth-order valence-corrected chi connectivity index (χ4v) is 3.29. The van der Waals surface area contributed by atoms with Crippen molar-refractivity contribution < 1.29 is 4.79 Å². The van der Waals surface area contributed by atoms with E-state index in [1.807, 2.05) is 36.4 Å². The highest BCUT2D eigenvalue weighted by atomic mass is 32.1. The van der Waals surface area contributed by atoms with Crippen LogP contribution in [0, 0.1) is 0 Å². The number of fused-ring (bicyclic) bond motifs is 1. The molecule has 0 spiro atoms. The first kappa shape index (κ1) is 14.6. The average molecular weight is 334 g/mol. The SMILES string of the molecule is O=C(Nc1ccc2cn[nH]c2c1)c1csc(Cc2ccccc2)n1. The van der Waals surface area contributed by atoms with Crippen molar-refractivity contribution in [1.82, 2.24) is 15.2 Å². The zero-order chi connectivity index (χ0) is 16.4. The number of aromatic amines is 1. The lowest BCUT2D eigenvalue weighted by molar-refractivity contribution is 0.102. The molecular formula is C18H14N4OS. The fourth-order valence-electron chi connectivity index (χ4n) is 2.48. The van der Waals surface area contributed by atoms with E-state index in [1.165, 1.54) is 16.9 Å². The van der Waals surface area contributed by atoms with Gasteiger partial charge in [-0.2, -0.15) is 5.10 Å². The van der Waals surface area contributed by atoms with Crippen LogP contribution in [-0.2, 0) is 6.42 Å². The molecule has 6 heteroatoms. The van der Waals surface area contributed by atoms with Crippen molar-refractivity contribution in [2.45, 2.75) is 6.42 Å². The number of thiazole rings is 1. The van der Waals surface area contributed by atoms with Gasteiger partial charge in [-0.25, -0.2) is 4.98 Å². The molecule has 0 fully saturated rings. The summed E-state index contributed by atoms with van der Waals surface area (Å²) in [4.78, 5) is 16.8. The summed E-state index contributed by atoms with van der Waals surface area (Å²) in [5.74, 6) is -0.204. The Morgan fingerprint density at radius 1 is 1.17 bits per heavy atom. The third kappa shape index (κ3) is 3.04. The predicted molar refractivity (Wildman–Crippen MR) is 95.4 cm³/mol. The maximum absolute atomic E-state index is 12.4. The summed E-state index contributed by atoms with van der Waals surface area (Å²) in [6.07, 6.45) is 2.48. The second-order valence-electron chi connectivity index (χ2n) is 5.42. The van der Waals surface area contributed by atoms with E-state index in [1.54, 1.807) is 11.6 Å². The van der Waals surface area contributed by atoms with Crippen LogP contribution in [0.2, 0.25) is 0 Å². The molecule has 2 N–H and O–H groups in total. The first-order valence-electron chi connectivity index (χ1n) is 7.51. The minimum absolute atomic E-state index is 0.204. The lowest BCUT2D eigenvalue weighted by Gasteiger charge is -2.03. The molecule has 0 bridgehead atoms. The predicted octanol–water partition coefficient (Wildman–Crippen LogP) is 3.86. The van der Waals surface area contributed by atoms with E-state index in [9.17, 15) is 4.79 Å². The van der Waals surface area contributed by atoms with Gasteiger partial charge in [-0.05, 0) is 23.8 Å². The molecule has 1 amide bonds. The van der Waals surface area contributed by atoms with E-state index >= 15 is 0 Å². The topological polar surface area (TPSA) is 70.7 Å². The molecule has 0 saturated carbocycles. The van der Waals surface area contributed by atoms with Crippen molar-refractivity contribution in [3.8, 4) is 0 Å². The average Bonchev–Trinajstić information content (AvgIpc) is 3.24. The van der Waals surface area contributed by atoms with Crippen LogP contribution in [0.15, 0.2) is 60.1 Å². The maximum atomic E-state index is 12.4. The van der Waals surface area contributed by atoms with E-state index < -0.39 is 0 Å². The Morgan fingerprint density at radius 3 is 2.92 bits per heavy atom. The quantitative estimate of drug-likeness (QED) is 0.595. The summed E-state index contributed by atoms with van der Waals surface area (Å²) in [5.41, 5.74) is 3.23. The summed E-state index contributed by atoms with van der Waals surface area (Å²) in [7, 11) is 0. The molecule has 24 heavy (non-hydrogen) atoms. The van der Waals surface area contributed by atoms with Gasteiger partial charge in [-0.15, -0.1) is 11.3 Å². The number of benzene rings is 2. The lowest BCUT2D eigenvalue weighted by atomic mass is 10.2. The Balaban J connectivity index is 1.48. The van der Waals surface area contributed by atoms with Gasteiger partial charge >= 0.3 is 0 Å². The molecule has 0 aliphatic carbocycles. The Kier molecular flexibility index (Phi) is 3.80. The van der Waals surface area contributed by atoms with Crippen molar-refractivity contribution in [3.63, 3.8) is 0 Å². The van der Waals surface area contributed by atoms with E-state index in [2.05, 4.69) is 32.6 Å². The zero-order valence-electron chi connectivity index (χ0n) is 12.7. The molecule has 2 aromatic heterocycles. The number of amides is 1. The highest BCUT2D eigenvalue weighted by Crippen LogP contribution is 2.19. The number of hydrogen-bond donors (Lipinski definition) is 2. The van der Waals surface area contributed by atoms with Gasteiger partial charge < -0.3 is 5.32 Å². The number of anilines is 1. The number of aromatic nitrogens is 3. The molecule has 118 valence electrons. The summed E-state index contributed by atoms with van der Waals surface area (Å²) >= 11 is 1.50. The molecule has 0 aliphatic rings. The molecule has 4 aromatic rings. The number of nitrogens with one attached hydrogen (secondary N) is 2. The highest BCUT2D eigenvalue weighted by Gasteiger charge is 2.12. The third-order valence-corrected chi connectivity index (χ3v) is 4.53. The first-order chi connectivity index (χ1) is 11.8. The van der Waals surface area contributed by atoms with Crippen molar-refractivity contribution in [2.24, 2.45) is 0 Å². The second-order valence-corrected chi connectivity index (χ2v) is 6.36. The Hall–Kier alpha value is -2.99. The molecule has 0 unspecified atom stereocenters. The Labute approximate surface area is 142 Å². The van der Waals surface area contributed by atoms with Gasteiger partial charge in [0.1, 0.15) is 5.69 Å². The number of H-pyrrole nitrogens is 1. The van der Waals surface area contributed by atoms with Crippen LogP contribution in [-0.4, -0.2) is 21.1 Å². The van der Waals surface area contributed by atoms with Crippen LogP contribution in [0.4, 0.5) is 5.69 Å². The number of nitrogens with zero attached hydrogens (tertiary/aromatic N) is 2. The van der Waals surface area contributed by atoms with Crippen molar-refractivity contribution in [2.75, 3.05) is 5.32 Å². The van der Waals surface area contributed by atoms with Crippen LogP contribution in [0.5, 0.6) is 0 Å². The Morgan fingerprint density at radius 2 is 2.04 bits per heavy atom. The molecule has 0 radical (unpaired) electrons. The van der Waals surface area contributed by atoms with E-state index in [4.69, 9.17) is 0 Å². The summed E-state index contributed by atoms with van der Waals surface area (Å²) in [6.45, 7) is 0. The zero-order valence-corrected chi connectivity index (χ0v) is 13.5. The monoisotopic (exact) mass is 334 g/mol. The van der Waals surface area contributed by atoms with Gasteiger partial charge in [-0.1, -0.05) is 30.3 Å². The van der Waals surface area contributed by atoms with E-state index in [0.717, 1.165) is 22.3 Å². The number of rotatable bonds is 4. The van der Waals surface area contributed by atoms with Gasteiger partial charge in [0.05, 0.1) is 16.7 Å². The van der Waals surface area contributed by atoms with Gasteiger partial charge in [0.25, 0.3) is 5.91 Å². The molecule has 4 rings (SSSR count). The Bertz CT molecular complexity index is 990. The van der Waals surface area contributed by atoms with Gasteiger partial charge in [-0.3, -0.25) is 9.89 Å². The van der Waals surface area contributed by atoms with E-state index in [-0.39, 0.29) is 5.91 Å². The summed E-state index contributed by atoms with van der Waals surface area (Å²) in [6, 6.07) is 15.7. The van der Waals surface area contributed by atoms with Crippen LogP contribution >= 0.6 is 11.3 Å². The summed E-state index contributed by atoms with van der Waals surface area (Å²) in [5, 5.41) is 13.5. The van der Waals surface area contributed by atoms with Gasteiger partial charge in [0.15, 0.2) is 0 Å². The van der Waals surface area contributed by atoms with Crippen LogP contribution in [0.25, 0.3) is 10.9 Å². The van der Waals surface area contributed by atoms with Gasteiger partial charge in [0.2, 0.25) is 0 Å². The number of carbonyl (C=O) groups excluding carboxylic acids is 1. The van der Waals surface area contributed by atoms with Crippen molar-refractivity contribution in [3.05, 3.63) is 76.4 Å². The number of carbonyl (C=O) groups is 1. The largest absolute Gasteiger partial charge is 0.321 e. The minimum atomic E-state index is -0.204. The van der Waals surface area contributed by atoms with Crippen molar-refractivity contribution >= 4 is 33.8 Å². The number of hydrogen-bond acceptors (Lipinski definition) is 4. The first-order valence-corrected chi connectivity index (χ1v) is 8.39.